The number of hydroxylamine groups is 1. The molecule has 0 aliphatic carbocycles. The zero-order valence-electron chi connectivity index (χ0n) is 6.66. The van der Waals surface area contributed by atoms with Gasteiger partial charge in [0.1, 0.15) is 5.75 Å². The Morgan fingerprint density at radius 1 is 1.33 bits per heavy atom. The van der Waals surface area contributed by atoms with Crippen molar-refractivity contribution in [3.63, 3.8) is 0 Å². The monoisotopic (exact) mass is 165 g/mol. The predicted octanol–water partition coefficient (Wildman–Crippen LogP) is 1.01. The van der Waals surface area contributed by atoms with E-state index in [9.17, 15) is 0 Å². The van der Waals surface area contributed by atoms with Crippen LogP contribution in [0.2, 0.25) is 0 Å². The number of phenolic OH excluding ortho intramolecular Hbond substituents is 1. The van der Waals surface area contributed by atoms with Crippen LogP contribution in [0.4, 0.5) is 0 Å². The molecule has 1 aliphatic rings. The molecule has 3 heteroatoms. The van der Waals surface area contributed by atoms with Crippen LogP contribution in [0.5, 0.6) is 5.75 Å². The molecule has 0 bridgehead atoms. The molecule has 1 aromatic carbocycles. The minimum absolute atomic E-state index is 0.311. The van der Waals surface area contributed by atoms with Crippen LogP contribution in [0.1, 0.15) is 11.5 Å². The Hall–Kier alpha value is -1.06. The quantitative estimate of drug-likeness (QED) is 0.652. The van der Waals surface area contributed by atoms with Crippen LogP contribution in [-0.4, -0.2) is 18.3 Å². The molecular formula is C9H11NO2. The van der Waals surface area contributed by atoms with Crippen molar-refractivity contribution in [3.05, 3.63) is 29.8 Å². The smallest absolute Gasteiger partial charge is 0.115 e. The van der Waals surface area contributed by atoms with E-state index in [1.807, 2.05) is 12.1 Å². The van der Waals surface area contributed by atoms with Crippen LogP contribution in [0, 0.1) is 0 Å². The first kappa shape index (κ1) is 7.58. The lowest BCUT2D eigenvalue weighted by Gasteiger charge is -2.05. The van der Waals surface area contributed by atoms with Crippen LogP contribution >= 0.6 is 0 Å². The molecule has 1 heterocycles. The van der Waals surface area contributed by atoms with Gasteiger partial charge in [0.2, 0.25) is 0 Å². The molecule has 12 heavy (non-hydrogen) atoms. The molecule has 1 unspecified atom stereocenters. The molecular weight excluding hydrogens is 154 g/mol. The zero-order chi connectivity index (χ0) is 8.39. The molecule has 0 amide bonds. The van der Waals surface area contributed by atoms with E-state index in [4.69, 9.17) is 9.94 Å². The van der Waals surface area contributed by atoms with Crippen LogP contribution in [0.3, 0.4) is 0 Å². The van der Waals surface area contributed by atoms with Gasteiger partial charge in [-0.3, -0.25) is 0 Å². The van der Waals surface area contributed by atoms with Crippen molar-refractivity contribution in [1.82, 2.24) is 5.48 Å². The lowest BCUT2D eigenvalue weighted by atomic mass is 10.0. The Morgan fingerprint density at radius 2 is 2.08 bits per heavy atom. The highest BCUT2D eigenvalue weighted by molar-refractivity contribution is 5.28. The van der Waals surface area contributed by atoms with Crippen molar-refractivity contribution in [2.24, 2.45) is 0 Å². The molecule has 1 atom stereocenters. The van der Waals surface area contributed by atoms with Crippen LogP contribution < -0.4 is 5.48 Å². The second kappa shape index (κ2) is 3.13. The highest BCUT2D eigenvalue weighted by Gasteiger charge is 2.16. The van der Waals surface area contributed by atoms with Crippen LogP contribution in [0.25, 0.3) is 0 Å². The van der Waals surface area contributed by atoms with Crippen molar-refractivity contribution in [2.75, 3.05) is 13.2 Å². The van der Waals surface area contributed by atoms with E-state index in [0.29, 0.717) is 18.3 Å². The molecule has 2 N–H and O–H groups in total. The summed E-state index contributed by atoms with van der Waals surface area (Å²) in [5, 5.41) is 9.05. The van der Waals surface area contributed by atoms with Crippen LogP contribution in [0.15, 0.2) is 24.3 Å². The van der Waals surface area contributed by atoms with Gasteiger partial charge in [-0.15, -0.1) is 0 Å². The van der Waals surface area contributed by atoms with Crippen molar-refractivity contribution in [1.29, 1.82) is 0 Å². The molecule has 64 valence electrons. The molecule has 0 spiro atoms. The number of nitrogens with one attached hydrogen (secondary N) is 1. The summed E-state index contributed by atoms with van der Waals surface area (Å²) in [5.74, 6) is 0.733. The van der Waals surface area contributed by atoms with Crippen molar-refractivity contribution in [2.45, 2.75) is 5.92 Å². The van der Waals surface area contributed by atoms with Gasteiger partial charge in [-0.2, -0.15) is 0 Å². The molecule has 0 radical (unpaired) electrons. The molecule has 2 rings (SSSR count). The molecule has 1 saturated heterocycles. The summed E-state index contributed by atoms with van der Waals surface area (Å²) in [6, 6.07) is 7.26. The molecule has 1 aromatic rings. The summed E-state index contributed by atoms with van der Waals surface area (Å²) in [6.45, 7) is 1.57. The summed E-state index contributed by atoms with van der Waals surface area (Å²) >= 11 is 0. The van der Waals surface area contributed by atoms with Gasteiger partial charge in [-0.1, -0.05) is 12.1 Å². The standard InChI is InChI=1S/C9H11NO2/c11-9-3-1-7(2-4-9)8-5-10-12-6-8/h1-4,8,10-11H,5-6H2. The van der Waals surface area contributed by atoms with E-state index in [1.54, 1.807) is 12.1 Å². The van der Waals surface area contributed by atoms with Gasteiger partial charge in [0.05, 0.1) is 6.61 Å². The SMILES string of the molecule is Oc1ccc(C2CNOC2)cc1. The molecule has 3 nitrogen and oxygen atoms in total. The fourth-order valence-electron chi connectivity index (χ4n) is 1.34. The lowest BCUT2D eigenvalue weighted by molar-refractivity contribution is 0.101. The van der Waals surface area contributed by atoms with Crippen LogP contribution in [-0.2, 0) is 4.84 Å². The summed E-state index contributed by atoms with van der Waals surface area (Å²) in [7, 11) is 0. The fourth-order valence-corrected chi connectivity index (χ4v) is 1.34. The molecule has 0 aromatic heterocycles. The third-order valence-electron chi connectivity index (χ3n) is 2.08. The maximum absolute atomic E-state index is 9.05. The highest BCUT2D eigenvalue weighted by atomic mass is 16.7. The number of hydrogen-bond acceptors (Lipinski definition) is 3. The summed E-state index contributed by atoms with van der Waals surface area (Å²) in [4.78, 5) is 5.03. The first-order chi connectivity index (χ1) is 5.86. The van der Waals surface area contributed by atoms with Crippen molar-refractivity contribution in [3.8, 4) is 5.75 Å². The Kier molecular flexibility index (Phi) is 1.98. The van der Waals surface area contributed by atoms with Gasteiger partial charge in [-0.05, 0) is 17.7 Å². The summed E-state index contributed by atoms with van der Waals surface area (Å²) in [5.41, 5.74) is 4.03. The number of hydrogen-bond donors (Lipinski definition) is 2. The maximum Gasteiger partial charge on any atom is 0.115 e. The summed E-state index contributed by atoms with van der Waals surface area (Å²) in [6.07, 6.45) is 0. The van der Waals surface area contributed by atoms with Crippen molar-refractivity contribution < 1.29 is 9.94 Å². The second-order valence-corrected chi connectivity index (χ2v) is 2.95. The third kappa shape index (κ3) is 1.42. The number of benzene rings is 1. The topological polar surface area (TPSA) is 41.5 Å². The zero-order valence-corrected chi connectivity index (χ0v) is 6.66. The van der Waals surface area contributed by atoms with E-state index in [-0.39, 0.29) is 0 Å². The van der Waals surface area contributed by atoms with Gasteiger partial charge >= 0.3 is 0 Å². The lowest BCUT2D eigenvalue weighted by Crippen LogP contribution is -2.06. The first-order valence-corrected chi connectivity index (χ1v) is 4.00. The average molecular weight is 165 g/mol. The van der Waals surface area contributed by atoms with Crippen molar-refractivity contribution >= 4 is 0 Å². The minimum atomic E-state index is 0.311. The normalized spacial score (nSPS) is 22.8. The van der Waals surface area contributed by atoms with Gasteiger partial charge in [0.25, 0.3) is 0 Å². The third-order valence-corrected chi connectivity index (χ3v) is 2.08. The Morgan fingerprint density at radius 3 is 2.67 bits per heavy atom. The second-order valence-electron chi connectivity index (χ2n) is 2.95. The van der Waals surface area contributed by atoms with E-state index in [2.05, 4.69) is 5.48 Å². The fraction of sp³-hybridized carbons (Fsp3) is 0.333. The van der Waals surface area contributed by atoms with Gasteiger partial charge in [0, 0.05) is 12.5 Å². The average Bonchev–Trinajstić information content (AvgIpc) is 2.58. The van der Waals surface area contributed by atoms with E-state index in [1.165, 1.54) is 5.56 Å². The minimum Gasteiger partial charge on any atom is -0.508 e. The number of rotatable bonds is 1. The van der Waals surface area contributed by atoms with E-state index >= 15 is 0 Å². The first-order valence-electron chi connectivity index (χ1n) is 4.00. The van der Waals surface area contributed by atoms with Gasteiger partial charge in [-0.25, -0.2) is 5.48 Å². The molecule has 1 fully saturated rings. The predicted molar refractivity (Wildman–Crippen MR) is 44.8 cm³/mol. The molecule has 1 aliphatic heterocycles. The Bertz CT molecular complexity index is 252. The van der Waals surface area contributed by atoms with E-state index in [0.717, 1.165) is 6.54 Å². The Balaban J connectivity index is 2.17. The van der Waals surface area contributed by atoms with E-state index < -0.39 is 0 Å². The Labute approximate surface area is 70.9 Å². The summed E-state index contributed by atoms with van der Waals surface area (Å²) < 4.78 is 0. The maximum atomic E-state index is 9.05. The highest BCUT2D eigenvalue weighted by Crippen LogP contribution is 2.20. The number of phenols is 1. The van der Waals surface area contributed by atoms with Gasteiger partial charge in [0.15, 0.2) is 0 Å². The largest absolute Gasteiger partial charge is 0.508 e. The van der Waals surface area contributed by atoms with Gasteiger partial charge < -0.3 is 9.94 Å². The number of aromatic hydroxyl groups is 1. The molecule has 0 saturated carbocycles.